The van der Waals surface area contributed by atoms with Gasteiger partial charge in [-0.25, -0.2) is 0 Å². The van der Waals surface area contributed by atoms with E-state index in [0.29, 0.717) is 12.3 Å². The van der Waals surface area contributed by atoms with E-state index in [1.165, 1.54) is 4.88 Å². The molecule has 0 aliphatic heterocycles. The van der Waals surface area contributed by atoms with E-state index in [0.717, 1.165) is 31.2 Å². The molecule has 30 heavy (non-hydrogen) atoms. The van der Waals surface area contributed by atoms with Gasteiger partial charge in [-0.2, -0.15) is 0 Å². The largest absolute Gasteiger partial charge is 0.497 e. The standard InChI is InChI=1S/C22H27N3O4S/c1-29-17-8-6-16(7-9-17)13-23-20(27)21(28)24-14-19(26)25-15-22(10-2-3-11-22)18-5-4-12-30-18/h4-9,12H,2-3,10-11,13-15H2,1H3,(H,23,27)(H,24,28)(H,25,26). The van der Waals surface area contributed by atoms with Crippen molar-refractivity contribution in [1.29, 1.82) is 0 Å². The molecule has 0 unspecified atom stereocenters. The average Bonchev–Trinajstić information content (AvgIpc) is 3.47. The quantitative estimate of drug-likeness (QED) is 0.560. The van der Waals surface area contributed by atoms with Crippen LogP contribution in [-0.2, 0) is 26.3 Å². The first-order valence-electron chi connectivity index (χ1n) is 10.0. The number of rotatable bonds is 8. The Kier molecular flexibility index (Phi) is 7.46. The summed E-state index contributed by atoms with van der Waals surface area (Å²) in [5.74, 6) is -1.18. The smallest absolute Gasteiger partial charge is 0.309 e. The number of carbonyl (C=O) groups excluding carboxylic acids is 3. The van der Waals surface area contributed by atoms with Gasteiger partial charge in [0.25, 0.3) is 0 Å². The zero-order chi connectivity index (χ0) is 21.4. The number of hydrogen-bond donors (Lipinski definition) is 3. The maximum absolute atomic E-state index is 12.2. The Morgan fingerprint density at radius 2 is 1.70 bits per heavy atom. The molecule has 1 aromatic heterocycles. The van der Waals surface area contributed by atoms with Crippen molar-refractivity contribution in [2.24, 2.45) is 0 Å². The summed E-state index contributed by atoms with van der Waals surface area (Å²) in [5, 5.41) is 9.90. The lowest BCUT2D eigenvalue weighted by Crippen LogP contribution is -2.46. The van der Waals surface area contributed by atoms with Crippen LogP contribution in [0.2, 0.25) is 0 Å². The van der Waals surface area contributed by atoms with Crippen molar-refractivity contribution in [3.63, 3.8) is 0 Å². The van der Waals surface area contributed by atoms with Crippen LogP contribution in [0.5, 0.6) is 5.75 Å². The van der Waals surface area contributed by atoms with Crippen molar-refractivity contribution in [2.45, 2.75) is 37.6 Å². The van der Waals surface area contributed by atoms with Gasteiger partial charge in [-0.15, -0.1) is 11.3 Å². The Balaban J connectivity index is 1.40. The summed E-state index contributed by atoms with van der Waals surface area (Å²) in [5.41, 5.74) is 0.828. The molecule has 1 saturated carbocycles. The molecule has 1 heterocycles. The first-order chi connectivity index (χ1) is 14.5. The maximum atomic E-state index is 12.2. The molecule has 0 saturated heterocycles. The van der Waals surface area contributed by atoms with Crippen molar-refractivity contribution in [2.75, 3.05) is 20.2 Å². The molecule has 8 heteroatoms. The molecular formula is C22H27N3O4S. The minimum absolute atomic E-state index is 0.0103. The van der Waals surface area contributed by atoms with E-state index in [4.69, 9.17) is 4.74 Å². The number of hydrogen-bond acceptors (Lipinski definition) is 5. The summed E-state index contributed by atoms with van der Waals surface area (Å²) in [6.07, 6.45) is 4.40. The molecule has 0 bridgehead atoms. The lowest BCUT2D eigenvalue weighted by molar-refractivity contribution is -0.139. The van der Waals surface area contributed by atoms with Crippen LogP contribution >= 0.6 is 11.3 Å². The van der Waals surface area contributed by atoms with Crippen LogP contribution < -0.4 is 20.7 Å². The number of methoxy groups -OCH3 is 1. The van der Waals surface area contributed by atoms with Crippen LogP contribution in [-0.4, -0.2) is 37.9 Å². The molecule has 3 N–H and O–H groups in total. The summed E-state index contributed by atoms with van der Waals surface area (Å²) in [4.78, 5) is 37.4. The number of benzene rings is 1. The van der Waals surface area contributed by atoms with Crippen molar-refractivity contribution in [3.05, 3.63) is 52.2 Å². The molecule has 7 nitrogen and oxygen atoms in total. The Morgan fingerprint density at radius 1 is 1.00 bits per heavy atom. The van der Waals surface area contributed by atoms with Crippen LogP contribution in [0, 0.1) is 0 Å². The zero-order valence-electron chi connectivity index (χ0n) is 17.0. The lowest BCUT2D eigenvalue weighted by Gasteiger charge is -2.28. The summed E-state index contributed by atoms with van der Waals surface area (Å²) in [6.45, 7) is 0.535. The molecule has 1 aromatic carbocycles. The van der Waals surface area contributed by atoms with Gasteiger partial charge in [-0.1, -0.05) is 31.0 Å². The first-order valence-corrected chi connectivity index (χ1v) is 10.9. The van der Waals surface area contributed by atoms with E-state index in [9.17, 15) is 14.4 Å². The highest BCUT2D eigenvalue weighted by molar-refractivity contribution is 7.10. The highest BCUT2D eigenvalue weighted by Gasteiger charge is 2.36. The highest BCUT2D eigenvalue weighted by Crippen LogP contribution is 2.42. The van der Waals surface area contributed by atoms with Crippen LogP contribution in [0.4, 0.5) is 0 Å². The topological polar surface area (TPSA) is 96.5 Å². The Labute approximate surface area is 180 Å². The molecular weight excluding hydrogens is 402 g/mol. The molecule has 1 aliphatic carbocycles. The maximum Gasteiger partial charge on any atom is 0.309 e. The Morgan fingerprint density at radius 3 is 2.33 bits per heavy atom. The molecule has 0 atom stereocenters. The fraction of sp³-hybridized carbons (Fsp3) is 0.409. The fourth-order valence-corrected chi connectivity index (χ4v) is 4.71. The van der Waals surface area contributed by atoms with E-state index in [-0.39, 0.29) is 24.4 Å². The second kappa shape index (κ2) is 10.2. The van der Waals surface area contributed by atoms with E-state index in [2.05, 4.69) is 27.4 Å². The summed E-state index contributed by atoms with van der Waals surface area (Å²) in [6, 6.07) is 11.3. The van der Waals surface area contributed by atoms with Crippen LogP contribution in [0.1, 0.15) is 36.1 Å². The monoisotopic (exact) mass is 429 g/mol. The fourth-order valence-electron chi connectivity index (χ4n) is 3.72. The summed E-state index contributed by atoms with van der Waals surface area (Å²) in [7, 11) is 1.58. The summed E-state index contributed by atoms with van der Waals surface area (Å²) < 4.78 is 5.08. The third-order valence-corrected chi connectivity index (χ3v) is 6.57. The molecule has 3 amide bonds. The minimum atomic E-state index is -0.826. The molecule has 0 radical (unpaired) electrons. The van der Waals surface area contributed by atoms with Crippen molar-refractivity contribution in [3.8, 4) is 5.75 Å². The number of ether oxygens (including phenoxy) is 1. The van der Waals surface area contributed by atoms with E-state index in [1.54, 1.807) is 42.7 Å². The molecule has 3 rings (SSSR count). The highest BCUT2D eigenvalue weighted by atomic mass is 32.1. The van der Waals surface area contributed by atoms with Gasteiger partial charge in [0.1, 0.15) is 5.75 Å². The van der Waals surface area contributed by atoms with Gasteiger partial charge in [0.05, 0.1) is 13.7 Å². The molecule has 1 aliphatic rings. The molecule has 2 aromatic rings. The Hall–Kier alpha value is -2.87. The van der Waals surface area contributed by atoms with Crippen molar-refractivity contribution in [1.82, 2.24) is 16.0 Å². The minimum Gasteiger partial charge on any atom is -0.497 e. The van der Waals surface area contributed by atoms with Gasteiger partial charge in [0.15, 0.2) is 0 Å². The van der Waals surface area contributed by atoms with Gasteiger partial charge in [-0.3, -0.25) is 14.4 Å². The van der Waals surface area contributed by atoms with Gasteiger partial charge >= 0.3 is 11.8 Å². The van der Waals surface area contributed by atoms with E-state index >= 15 is 0 Å². The van der Waals surface area contributed by atoms with Crippen molar-refractivity contribution < 1.29 is 19.1 Å². The third kappa shape index (κ3) is 5.60. The van der Waals surface area contributed by atoms with Gasteiger partial charge in [-0.05, 0) is 42.0 Å². The van der Waals surface area contributed by atoms with E-state index in [1.807, 2.05) is 6.07 Å². The predicted molar refractivity (Wildman–Crippen MR) is 115 cm³/mol. The third-order valence-electron chi connectivity index (χ3n) is 5.46. The SMILES string of the molecule is COc1ccc(CNC(=O)C(=O)NCC(=O)NCC2(c3cccs3)CCCC2)cc1. The van der Waals surface area contributed by atoms with E-state index < -0.39 is 11.8 Å². The predicted octanol–water partition coefficient (Wildman–Crippen LogP) is 2.12. The number of carbonyl (C=O) groups is 3. The molecule has 1 fully saturated rings. The van der Waals surface area contributed by atoms with Crippen LogP contribution in [0.15, 0.2) is 41.8 Å². The van der Waals surface area contributed by atoms with Crippen molar-refractivity contribution >= 4 is 29.1 Å². The van der Waals surface area contributed by atoms with Crippen LogP contribution in [0.25, 0.3) is 0 Å². The van der Waals surface area contributed by atoms with Gasteiger partial charge in [0, 0.05) is 23.4 Å². The Bertz CT molecular complexity index is 859. The number of thiophene rings is 1. The first kappa shape index (κ1) is 21.8. The molecule has 160 valence electrons. The second-order valence-electron chi connectivity index (χ2n) is 7.45. The van der Waals surface area contributed by atoms with Gasteiger partial charge in [0.2, 0.25) is 5.91 Å². The zero-order valence-corrected chi connectivity index (χ0v) is 17.8. The average molecular weight is 430 g/mol. The molecule has 0 spiro atoms. The van der Waals surface area contributed by atoms with Crippen LogP contribution in [0.3, 0.4) is 0 Å². The number of nitrogens with one attached hydrogen (secondary N) is 3. The lowest BCUT2D eigenvalue weighted by atomic mass is 9.84. The number of amides is 3. The van der Waals surface area contributed by atoms with Gasteiger partial charge < -0.3 is 20.7 Å². The second-order valence-corrected chi connectivity index (χ2v) is 8.40. The summed E-state index contributed by atoms with van der Waals surface area (Å²) >= 11 is 1.72. The normalized spacial score (nSPS) is 14.7.